The van der Waals surface area contributed by atoms with Crippen molar-refractivity contribution in [2.45, 2.75) is 37.8 Å². The second-order valence-corrected chi connectivity index (χ2v) is 7.42. The minimum atomic E-state index is -4.37. The second kappa shape index (κ2) is 11.8. The van der Waals surface area contributed by atoms with Crippen molar-refractivity contribution in [1.82, 2.24) is 10.6 Å². The fraction of sp³-hybridized carbons (Fsp3) is 0.500. The molecule has 2 heterocycles. The van der Waals surface area contributed by atoms with E-state index in [4.69, 9.17) is 14.1 Å². The number of rotatable bonds is 7. The van der Waals surface area contributed by atoms with Gasteiger partial charge in [-0.05, 0) is 43.5 Å². The van der Waals surface area contributed by atoms with E-state index in [0.717, 1.165) is 11.8 Å². The van der Waals surface area contributed by atoms with Crippen molar-refractivity contribution in [2.75, 3.05) is 32.8 Å². The van der Waals surface area contributed by atoms with Crippen LogP contribution in [0.25, 0.3) is 0 Å². The smallest absolute Gasteiger partial charge is 0.416 e. The molecule has 0 unspecified atom stereocenters. The minimum absolute atomic E-state index is 0. The number of hydrogen-bond donors (Lipinski definition) is 2. The molecule has 0 atom stereocenters. The number of hydrogen-bond acceptors (Lipinski definition) is 3. The van der Waals surface area contributed by atoms with Crippen LogP contribution in [-0.4, -0.2) is 38.8 Å². The molecule has 0 bridgehead atoms. The van der Waals surface area contributed by atoms with E-state index in [0.29, 0.717) is 63.6 Å². The van der Waals surface area contributed by atoms with Gasteiger partial charge in [0.1, 0.15) is 5.76 Å². The zero-order valence-corrected chi connectivity index (χ0v) is 19.8. The lowest BCUT2D eigenvalue weighted by Crippen LogP contribution is -2.41. The Kier molecular flexibility index (Phi) is 9.67. The summed E-state index contributed by atoms with van der Waals surface area (Å²) in [7, 11) is 0. The van der Waals surface area contributed by atoms with Crippen molar-refractivity contribution in [1.29, 1.82) is 0 Å². The van der Waals surface area contributed by atoms with Gasteiger partial charge in [-0.15, -0.1) is 24.0 Å². The maximum absolute atomic E-state index is 13.3. The van der Waals surface area contributed by atoms with Crippen molar-refractivity contribution in [3.05, 3.63) is 59.5 Å². The van der Waals surface area contributed by atoms with Crippen molar-refractivity contribution >= 4 is 29.9 Å². The third-order valence-electron chi connectivity index (χ3n) is 5.38. The molecule has 2 aromatic rings. The molecule has 172 valence electrons. The monoisotopic (exact) mass is 551 g/mol. The van der Waals surface area contributed by atoms with Gasteiger partial charge >= 0.3 is 6.18 Å². The highest BCUT2D eigenvalue weighted by molar-refractivity contribution is 14.0. The SMILES string of the molecule is CCNC(=NCC1(c2cccc(C(F)(F)F)c2)CCOCC1)NCCc1ccco1.I. The Hall–Kier alpha value is -1.75. The number of furan rings is 1. The van der Waals surface area contributed by atoms with Gasteiger partial charge in [-0.1, -0.05) is 18.2 Å². The summed E-state index contributed by atoms with van der Waals surface area (Å²) in [6.07, 6.45) is -0.760. The van der Waals surface area contributed by atoms with Gasteiger partial charge in [0, 0.05) is 38.1 Å². The highest BCUT2D eigenvalue weighted by atomic mass is 127. The van der Waals surface area contributed by atoms with E-state index in [1.54, 1.807) is 12.3 Å². The second-order valence-electron chi connectivity index (χ2n) is 7.42. The Morgan fingerprint density at radius 3 is 2.55 bits per heavy atom. The summed E-state index contributed by atoms with van der Waals surface area (Å²) in [5, 5.41) is 6.47. The molecule has 31 heavy (non-hydrogen) atoms. The summed E-state index contributed by atoms with van der Waals surface area (Å²) in [6, 6.07) is 9.38. The quantitative estimate of drug-likeness (QED) is 0.296. The first-order valence-corrected chi connectivity index (χ1v) is 10.2. The number of ether oxygens (including phenoxy) is 1. The molecular weight excluding hydrogens is 522 g/mol. The van der Waals surface area contributed by atoms with Crippen LogP contribution in [0.3, 0.4) is 0 Å². The van der Waals surface area contributed by atoms with E-state index in [9.17, 15) is 13.2 Å². The van der Waals surface area contributed by atoms with Crippen molar-refractivity contribution in [3.8, 4) is 0 Å². The molecular formula is C22H29F3IN3O2. The third-order valence-corrected chi connectivity index (χ3v) is 5.38. The molecule has 1 aromatic carbocycles. The van der Waals surface area contributed by atoms with E-state index >= 15 is 0 Å². The molecule has 2 N–H and O–H groups in total. The van der Waals surface area contributed by atoms with Crippen molar-refractivity contribution < 1.29 is 22.3 Å². The zero-order chi connectivity index (χ0) is 21.5. The average molecular weight is 551 g/mol. The lowest BCUT2D eigenvalue weighted by molar-refractivity contribution is -0.137. The molecule has 1 saturated heterocycles. The summed E-state index contributed by atoms with van der Waals surface area (Å²) < 4.78 is 50.6. The average Bonchev–Trinajstić information content (AvgIpc) is 3.26. The fourth-order valence-corrected chi connectivity index (χ4v) is 3.66. The van der Waals surface area contributed by atoms with Crippen LogP contribution in [0.5, 0.6) is 0 Å². The maximum atomic E-state index is 13.3. The molecule has 1 aromatic heterocycles. The number of alkyl halides is 3. The van der Waals surface area contributed by atoms with Crippen LogP contribution in [0.15, 0.2) is 52.1 Å². The molecule has 1 aliphatic heterocycles. The summed E-state index contributed by atoms with van der Waals surface area (Å²) in [4.78, 5) is 4.72. The highest BCUT2D eigenvalue weighted by Crippen LogP contribution is 2.38. The molecule has 1 fully saturated rings. The molecule has 0 aliphatic carbocycles. The van der Waals surface area contributed by atoms with E-state index < -0.39 is 17.2 Å². The number of nitrogens with one attached hydrogen (secondary N) is 2. The third kappa shape index (κ3) is 7.13. The van der Waals surface area contributed by atoms with Crippen molar-refractivity contribution in [3.63, 3.8) is 0 Å². The lowest BCUT2D eigenvalue weighted by atomic mass is 9.74. The predicted octanol–water partition coefficient (Wildman–Crippen LogP) is 4.76. The largest absolute Gasteiger partial charge is 0.469 e. The summed E-state index contributed by atoms with van der Waals surface area (Å²) in [5.41, 5.74) is -0.447. The first-order valence-electron chi connectivity index (χ1n) is 10.2. The molecule has 0 saturated carbocycles. The minimum Gasteiger partial charge on any atom is -0.469 e. The number of halogens is 4. The summed E-state index contributed by atoms with van der Waals surface area (Å²) in [6.45, 7) is 4.70. The van der Waals surface area contributed by atoms with E-state index in [-0.39, 0.29) is 24.0 Å². The Morgan fingerprint density at radius 1 is 1.13 bits per heavy atom. The molecule has 0 radical (unpaired) electrons. The fourth-order valence-electron chi connectivity index (χ4n) is 3.66. The summed E-state index contributed by atoms with van der Waals surface area (Å²) in [5.74, 6) is 1.52. The first kappa shape index (κ1) is 25.5. The molecule has 3 rings (SSSR count). The van der Waals surface area contributed by atoms with Gasteiger partial charge in [0.05, 0.1) is 18.4 Å². The Bertz CT molecular complexity index is 820. The zero-order valence-electron chi connectivity index (χ0n) is 17.5. The van der Waals surface area contributed by atoms with Crippen LogP contribution in [0.4, 0.5) is 13.2 Å². The maximum Gasteiger partial charge on any atom is 0.416 e. The lowest BCUT2D eigenvalue weighted by Gasteiger charge is -2.37. The van der Waals surface area contributed by atoms with Gasteiger partial charge in [-0.2, -0.15) is 13.2 Å². The van der Waals surface area contributed by atoms with Crippen LogP contribution in [0, 0.1) is 0 Å². The molecule has 9 heteroatoms. The van der Waals surface area contributed by atoms with Gasteiger partial charge < -0.3 is 19.8 Å². The molecule has 5 nitrogen and oxygen atoms in total. The van der Waals surface area contributed by atoms with Gasteiger partial charge in [-0.3, -0.25) is 4.99 Å². The Labute approximate surface area is 197 Å². The van der Waals surface area contributed by atoms with Crippen LogP contribution >= 0.6 is 24.0 Å². The number of guanidine groups is 1. The predicted molar refractivity (Wildman–Crippen MR) is 125 cm³/mol. The molecule has 0 amide bonds. The molecule has 1 aliphatic rings. The topological polar surface area (TPSA) is 58.8 Å². The van der Waals surface area contributed by atoms with Crippen LogP contribution in [0.1, 0.15) is 36.7 Å². The van der Waals surface area contributed by atoms with Gasteiger partial charge in [0.25, 0.3) is 0 Å². The van der Waals surface area contributed by atoms with E-state index in [1.165, 1.54) is 12.1 Å². The first-order chi connectivity index (χ1) is 14.4. The molecule has 0 spiro atoms. The van der Waals surface area contributed by atoms with Crippen LogP contribution in [0.2, 0.25) is 0 Å². The summed E-state index contributed by atoms with van der Waals surface area (Å²) >= 11 is 0. The Morgan fingerprint density at radius 2 is 1.90 bits per heavy atom. The van der Waals surface area contributed by atoms with Crippen molar-refractivity contribution in [2.24, 2.45) is 4.99 Å². The standard InChI is InChI=1S/C22H28F3N3O2.HI/c1-2-26-20(27-11-8-19-7-4-12-30-19)28-16-21(9-13-29-14-10-21)17-5-3-6-18(15-17)22(23,24)25;/h3-7,12,15H,2,8-11,13-14,16H2,1H3,(H2,26,27,28);1H. The van der Waals surface area contributed by atoms with Gasteiger partial charge in [-0.25, -0.2) is 0 Å². The van der Waals surface area contributed by atoms with E-state index in [2.05, 4.69) is 10.6 Å². The Balaban J connectivity index is 0.00000341. The highest BCUT2D eigenvalue weighted by Gasteiger charge is 2.37. The van der Waals surface area contributed by atoms with E-state index in [1.807, 2.05) is 19.1 Å². The van der Waals surface area contributed by atoms with Crippen LogP contribution in [-0.2, 0) is 22.7 Å². The van der Waals surface area contributed by atoms with Gasteiger partial charge in [0.15, 0.2) is 5.96 Å². The van der Waals surface area contributed by atoms with Crippen LogP contribution < -0.4 is 10.6 Å². The number of benzene rings is 1. The number of nitrogens with zero attached hydrogens (tertiary/aromatic N) is 1. The van der Waals surface area contributed by atoms with Gasteiger partial charge in [0.2, 0.25) is 0 Å². The number of aliphatic imine (C=N–C) groups is 1. The normalized spacial score (nSPS) is 16.5.